The molecule has 0 aromatic heterocycles. The lowest BCUT2D eigenvalue weighted by molar-refractivity contribution is -0.326. The Kier molecular flexibility index (Phi) is 9.43. The summed E-state index contributed by atoms with van der Waals surface area (Å²) >= 11 is 0. The Morgan fingerprint density at radius 1 is 0.882 bits per heavy atom. The number of hydrogen-bond donors (Lipinski definition) is 7. The van der Waals surface area contributed by atoms with Crippen molar-refractivity contribution >= 4 is 6.29 Å². The van der Waals surface area contributed by atoms with E-state index in [-0.39, 0.29) is 17.8 Å². The third kappa shape index (κ3) is 5.62. The second kappa shape index (κ2) is 11.7. The molecule has 0 radical (unpaired) electrons. The van der Waals surface area contributed by atoms with Crippen molar-refractivity contribution in [3.8, 4) is 0 Å². The van der Waals surface area contributed by atoms with Gasteiger partial charge in [-0.1, -0.05) is 6.92 Å². The van der Waals surface area contributed by atoms with Crippen molar-refractivity contribution in [1.29, 1.82) is 0 Å². The maximum Gasteiger partial charge on any atom is 0.228 e. The van der Waals surface area contributed by atoms with E-state index in [2.05, 4.69) is 0 Å². The third-order valence-corrected chi connectivity index (χ3v) is 7.13. The Morgan fingerprint density at radius 2 is 1.47 bits per heavy atom. The maximum absolute atomic E-state index is 11.4. The Hall–Kier alpha value is -1.19. The highest BCUT2D eigenvalue weighted by molar-refractivity contribution is 5.56. The van der Waals surface area contributed by atoms with E-state index < -0.39 is 74.6 Å². The van der Waals surface area contributed by atoms with Crippen LogP contribution in [0.5, 0.6) is 0 Å². The molecular weight excluding hydrogens is 456 g/mol. The Morgan fingerprint density at radius 3 is 2.09 bits per heavy atom. The lowest BCUT2D eigenvalue weighted by Gasteiger charge is -2.42. The Balaban J connectivity index is 1.62. The predicted molar refractivity (Wildman–Crippen MR) is 113 cm³/mol. The molecule has 2 saturated heterocycles. The molecule has 0 spiro atoms. The van der Waals surface area contributed by atoms with Gasteiger partial charge in [0.15, 0.2) is 6.29 Å². The number of allylic oxidation sites excluding steroid dienone is 1. The molecule has 3 aliphatic rings. The molecule has 0 aromatic rings. The molecule has 1 saturated carbocycles. The van der Waals surface area contributed by atoms with Crippen molar-refractivity contribution in [3.63, 3.8) is 0 Å². The first-order valence-corrected chi connectivity index (χ1v) is 11.5. The fourth-order valence-electron chi connectivity index (χ4n) is 4.81. The number of aliphatic hydroxyl groups is 7. The SMILES string of the molecule is C/C(=C\O[C@@H]1O[C@H](CO[C@@H]2O[C@H](CO)[C@@H](O)[C@H](O)[C@H]2O)[C@@H](O)[C@H](O)[C@H]1O)[C@H]1CC[C@H](C)[C@H]1C=O. The minimum atomic E-state index is -1.65. The molecule has 2 heterocycles. The Labute approximate surface area is 197 Å². The fraction of sp³-hybridized carbons (Fsp3) is 0.864. The summed E-state index contributed by atoms with van der Waals surface area (Å²) in [6.07, 6.45) is -10.8. The second-order valence-corrected chi connectivity index (χ2v) is 9.42. The van der Waals surface area contributed by atoms with Gasteiger partial charge in [-0.2, -0.15) is 0 Å². The summed E-state index contributed by atoms with van der Waals surface area (Å²) in [6, 6.07) is 0. The zero-order valence-electron chi connectivity index (χ0n) is 19.2. The summed E-state index contributed by atoms with van der Waals surface area (Å²) in [5.41, 5.74) is 0.784. The van der Waals surface area contributed by atoms with E-state index >= 15 is 0 Å². The molecule has 12 heteroatoms. The lowest BCUT2D eigenvalue weighted by Crippen LogP contribution is -2.61. The van der Waals surface area contributed by atoms with Gasteiger partial charge < -0.3 is 59.5 Å². The number of aldehydes is 1. The first-order valence-electron chi connectivity index (χ1n) is 11.5. The van der Waals surface area contributed by atoms with Crippen LogP contribution in [0, 0.1) is 17.8 Å². The molecule has 196 valence electrons. The molecule has 0 bridgehead atoms. The largest absolute Gasteiger partial charge is 0.470 e. The van der Waals surface area contributed by atoms with Gasteiger partial charge in [0.25, 0.3) is 0 Å². The number of rotatable bonds is 8. The number of hydrogen-bond acceptors (Lipinski definition) is 12. The van der Waals surface area contributed by atoms with Gasteiger partial charge in [-0.3, -0.25) is 0 Å². The van der Waals surface area contributed by atoms with Crippen LogP contribution in [0.4, 0.5) is 0 Å². The average molecular weight is 493 g/mol. The monoisotopic (exact) mass is 492 g/mol. The van der Waals surface area contributed by atoms with E-state index in [1.54, 1.807) is 6.92 Å². The summed E-state index contributed by atoms with van der Waals surface area (Å²) in [4.78, 5) is 11.4. The number of aliphatic hydroxyl groups excluding tert-OH is 7. The predicted octanol–water partition coefficient (Wildman–Crippen LogP) is -2.61. The van der Waals surface area contributed by atoms with Crippen LogP contribution in [-0.2, 0) is 23.7 Å². The van der Waals surface area contributed by atoms with Crippen molar-refractivity contribution < 1.29 is 59.5 Å². The molecule has 3 rings (SSSR count). The number of ether oxygens (including phenoxy) is 4. The van der Waals surface area contributed by atoms with Gasteiger partial charge >= 0.3 is 0 Å². The molecule has 34 heavy (non-hydrogen) atoms. The van der Waals surface area contributed by atoms with Crippen LogP contribution in [0.3, 0.4) is 0 Å². The first kappa shape index (κ1) is 27.4. The summed E-state index contributed by atoms with van der Waals surface area (Å²) < 4.78 is 21.8. The van der Waals surface area contributed by atoms with Crippen molar-refractivity contribution in [2.75, 3.05) is 13.2 Å². The van der Waals surface area contributed by atoms with Gasteiger partial charge in [0, 0.05) is 5.92 Å². The second-order valence-electron chi connectivity index (χ2n) is 9.42. The quantitative estimate of drug-likeness (QED) is 0.138. The van der Waals surface area contributed by atoms with Crippen LogP contribution >= 0.6 is 0 Å². The molecule has 3 fully saturated rings. The number of carbonyl (C=O) groups excluding carboxylic acids is 1. The zero-order chi connectivity index (χ0) is 25.2. The minimum absolute atomic E-state index is 0.00550. The molecule has 0 unspecified atom stereocenters. The summed E-state index contributed by atoms with van der Waals surface area (Å²) in [5.74, 6) is 0.112. The highest BCUT2D eigenvalue weighted by atomic mass is 16.7. The first-order chi connectivity index (χ1) is 16.1. The van der Waals surface area contributed by atoms with Crippen LogP contribution in [0.1, 0.15) is 26.7 Å². The van der Waals surface area contributed by atoms with Crippen molar-refractivity contribution in [1.82, 2.24) is 0 Å². The van der Waals surface area contributed by atoms with Gasteiger partial charge in [-0.25, -0.2) is 0 Å². The van der Waals surface area contributed by atoms with E-state index in [1.165, 1.54) is 6.26 Å². The topological polar surface area (TPSA) is 196 Å². The molecule has 2 aliphatic heterocycles. The fourth-order valence-corrected chi connectivity index (χ4v) is 4.81. The maximum atomic E-state index is 11.4. The van der Waals surface area contributed by atoms with Gasteiger partial charge in [-0.05, 0) is 37.2 Å². The van der Waals surface area contributed by atoms with E-state index in [1.807, 2.05) is 6.92 Å². The minimum Gasteiger partial charge on any atom is -0.470 e. The summed E-state index contributed by atoms with van der Waals surface area (Å²) in [7, 11) is 0. The van der Waals surface area contributed by atoms with Crippen molar-refractivity contribution in [2.45, 2.75) is 88.1 Å². The normalized spacial score (nSPS) is 48.0. The molecule has 12 nitrogen and oxygen atoms in total. The molecule has 1 aliphatic carbocycles. The highest BCUT2D eigenvalue weighted by Crippen LogP contribution is 2.39. The van der Waals surface area contributed by atoms with E-state index in [0.29, 0.717) is 0 Å². The number of carbonyl (C=O) groups is 1. The van der Waals surface area contributed by atoms with Crippen LogP contribution in [0.2, 0.25) is 0 Å². The van der Waals surface area contributed by atoms with E-state index in [4.69, 9.17) is 18.9 Å². The molecule has 7 N–H and O–H groups in total. The third-order valence-electron chi connectivity index (χ3n) is 7.13. The summed E-state index contributed by atoms with van der Waals surface area (Å²) in [5, 5.41) is 69.9. The van der Waals surface area contributed by atoms with Crippen LogP contribution < -0.4 is 0 Å². The highest BCUT2D eigenvalue weighted by Gasteiger charge is 2.47. The van der Waals surface area contributed by atoms with Gasteiger partial charge in [0.05, 0.1) is 19.5 Å². The van der Waals surface area contributed by atoms with Gasteiger partial charge in [-0.15, -0.1) is 0 Å². The van der Waals surface area contributed by atoms with Gasteiger partial charge in [0.2, 0.25) is 6.29 Å². The zero-order valence-corrected chi connectivity index (χ0v) is 19.2. The standard InChI is InChI=1S/C22H36O12/c1-9-3-4-11(12(9)5-23)10(2)7-31-21-20(30)18(28)16(26)14(34-21)8-32-22-19(29)17(27)15(25)13(6-24)33-22/h5,7,9,11-22,24-30H,3-4,6,8H2,1-2H3/b10-7+/t9-,11+,12+,13+,14+,15+,16+,17-,18-,19+,20+,21+,22+/m0/s1. The average Bonchev–Trinajstić information content (AvgIpc) is 3.21. The molecule has 0 aromatic carbocycles. The summed E-state index contributed by atoms with van der Waals surface area (Å²) in [6.45, 7) is 2.74. The molecule has 13 atom stereocenters. The lowest BCUT2D eigenvalue weighted by atomic mass is 9.87. The van der Waals surface area contributed by atoms with Crippen LogP contribution in [0.25, 0.3) is 0 Å². The van der Waals surface area contributed by atoms with Crippen LogP contribution in [-0.4, -0.2) is 117 Å². The van der Waals surface area contributed by atoms with E-state index in [0.717, 1.165) is 24.7 Å². The van der Waals surface area contributed by atoms with Crippen molar-refractivity contribution in [2.24, 2.45) is 17.8 Å². The Bertz CT molecular complexity index is 701. The van der Waals surface area contributed by atoms with Crippen molar-refractivity contribution in [3.05, 3.63) is 11.8 Å². The smallest absolute Gasteiger partial charge is 0.228 e. The van der Waals surface area contributed by atoms with Gasteiger partial charge in [0.1, 0.15) is 55.1 Å². The molecule has 0 amide bonds. The molecular formula is C22H36O12. The van der Waals surface area contributed by atoms with E-state index in [9.17, 15) is 40.5 Å². The van der Waals surface area contributed by atoms with Crippen LogP contribution in [0.15, 0.2) is 11.8 Å².